The van der Waals surface area contributed by atoms with Crippen LogP contribution in [0.5, 0.6) is 0 Å². The predicted octanol–water partition coefficient (Wildman–Crippen LogP) is 14.0. The minimum Gasteiger partial charge on any atom is -0.310 e. The number of aryl methyl sites for hydroxylation is 9. The average molecular weight is 785 g/mol. The molecule has 0 heterocycles. The Bertz CT molecular complexity index is 3060. The van der Waals surface area contributed by atoms with E-state index in [1.165, 1.54) is 142 Å². The van der Waals surface area contributed by atoms with Crippen molar-refractivity contribution in [1.82, 2.24) is 0 Å². The quantitative estimate of drug-likeness (QED) is 0.151. The van der Waals surface area contributed by atoms with Gasteiger partial charge in [0.05, 0.1) is 5.41 Å². The van der Waals surface area contributed by atoms with Gasteiger partial charge in [0.25, 0.3) is 0 Å². The van der Waals surface area contributed by atoms with Gasteiger partial charge < -0.3 is 9.80 Å². The number of hydrogen-bond acceptors (Lipinski definition) is 2. The first-order valence-corrected chi connectivity index (χ1v) is 22.5. The number of anilines is 6. The zero-order valence-electron chi connectivity index (χ0n) is 35.1. The second-order valence-electron chi connectivity index (χ2n) is 18.4. The van der Waals surface area contributed by atoms with Gasteiger partial charge in [-0.2, -0.15) is 0 Å². The van der Waals surface area contributed by atoms with E-state index in [0.29, 0.717) is 0 Å². The first-order chi connectivity index (χ1) is 30.0. The standard InChI is InChI=1S/C59H48N2/c1-37-6-22-48(23-7-37)60(50-26-18-41-12-15-45(41)34-50)51-27-30-54-55-31-28-52(61(49-24-8-38(2)9-25-49)58-5-3-4-42-19-29-53(42)58)36-57(55)59(56(54)35-51,46-20-16-39-10-13-43(39)32-46)47-21-17-40-11-14-44(40)33-47/h3-9,16-18,20-28,30-36H,10-15,19,29H2,1-2H3. The molecule has 8 aromatic carbocycles. The van der Waals surface area contributed by atoms with Gasteiger partial charge in [0.15, 0.2) is 0 Å². The van der Waals surface area contributed by atoms with E-state index in [2.05, 4.69) is 181 Å². The van der Waals surface area contributed by atoms with Crippen LogP contribution in [0, 0.1) is 13.8 Å². The van der Waals surface area contributed by atoms with E-state index in [-0.39, 0.29) is 0 Å². The van der Waals surface area contributed by atoms with Crippen LogP contribution in [0.3, 0.4) is 0 Å². The highest BCUT2D eigenvalue weighted by atomic mass is 15.2. The molecule has 0 fully saturated rings. The molecule has 5 aliphatic carbocycles. The number of benzene rings is 8. The van der Waals surface area contributed by atoms with Gasteiger partial charge in [-0.1, -0.05) is 102 Å². The van der Waals surface area contributed by atoms with Crippen molar-refractivity contribution in [3.05, 3.63) is 236 Å². The van der Waals surface area contributed by atoms with Crippen molar-refractivity contribution < 1.29 is 0 Å². The Morgan fingerprint density at radius 1 is 0.344 bits per heavy atom. The van der Waals surface area contributed by atoms with Crippen LogP contribution >= 0.6 is 0 Å². The summed E-state index contributed by atoms with van der Waals surface area (Å²) >= 11 is 0. The third-order valence-electron chi connectivity index (χ3n) is 15.1. The summed E-state index contributed by atoms with van der Waals surface area (Å²) in [7, 11) is 0. The summed E-state index contributed by atoms with van der Waals surface area (Å²) in [5.74, 6) is 0. The predicted molar refractivity (Wildman–Crippen MR) is 252 cm³/mol. The third-order valence-corrected chi connectivity index (χ3v) is 15.1. The van der Waals surface area contributed by atoms with Crippen molar-refractivity contribution in [2.24, 2.45) is 0 Å². The monoisotopic (exact) mass is 784 g/mol. The van der Waals surface area contributed by atoms with E-state index in [1.807, 2.05) is 0 Å². The highest BCUT2D eigenvalue weighted by Gasteiger charge is 2.48. The zero-order chi connectivity index (χ0) is 40.4. The SMILES string of the molecule is Cc1ccc(N(c2ccc3c(c2)CC3)c2ccc3c(c2)C(c2ccc4c(c2)CC4)(c2ccc4c(c2)CC4)c2cc(N(c4ccc(C)cc4)c4cccc5c4CC5)ccc2-3)cc1. The second kappa shape index (κ2) is 13.2. The van der Waals surface area contributed by atoms with Crippen molar-refractivity contribution in [3.8, 4) is 11.1 Å². The maximum absolute atomic E-state index is 2.57. The van der Waals surface area contributed by atoms with Gasteiger partial charge in [0.1, 0.15) is 0 Å². The molecule has 294 valence electrons. The summed E-state index contributed by atoms with van der Waals surface area (Å²) in [6.07, 6.45) is 9.21. The smallest absolute Gasteiger partial charge is 0.0715 e. The Morgan fingerprint density at radius 2 is 0.787 bits per heavy atom. The third kappa shape index (κ3) is 5.21. The van der Waals surface area contributed by atoms with Crippen molar-refractivity contribution in [2.45, 2.75) is 70.6 Å². The Morgan fingerprint density at radius 3 is 1.28 bits per heavy atom. The first kappa shape index (κ1) is 35.1. The molecule has 0 saturated carbocycles. The van der Waals surface area contributed by atoms with Gasteiger partial charge in [-0.3, -0.25) is 0 Å². The summed E-state index contributed by atoms with van der Waals surface area (Å²) in [5.41, 5.74) is 29.3. The fourth-order valence-corrected chi connectivity index (χ4v) is 11.2. The minimum absolute atomic E-state index is 0.536. The average Bonchev–Trinajstić information content (AvgIpc) is 3.51. The van der Waals surface area contributed by atoms with Gasteiger partial charge in [-0.05, 0) is 210 Å². The number of fused-ring (bicyclic) bond motifs is 7. The topological polar surface area (TPSA) is 6.48 Å². The van der Waals surface area contributed by atoms with E-state index in [4.69, 9.17) is 0 Å². The normalized spacial score (nSPS) is 15.3. The Kier molecular flexibility index (Phi) is 7.59. The van der Waals surface area contributed by atoms with Crippen LogP contribution < -0.4 is 9.80 Å². The number of rotatable bonds is 8. The molecule has 5 aliphatic rings. The lowest BCUT2D eigenvalue weighted by Crippen LogP contribution is -2.31. The fourth-order valence-electron chi connectivity index (χ4n) is 11.2. The number of nitrogens with zero attached hydrogens (tertiary/aromatic N) is 2. The molecule has 61 heavy (non-hydrogen) atoms. The lowest BCUT2D eigenvalue weighted by atomic mass is 9.65. The van der Waals surface area contributed by atoms with E-state index in [1.54, 1.807) is 0 Å². The molecule has 13 rings (SSSR count). The minimum atomic E-state index is -0.536. The molecule has 0 amide bonds. The summed E-state index contributed by atoms with van der Waals surface area (Å²) in [6.45, 7) is 4.37. The number of hydrogen-bond donors (Lipinski definition) is 0. The Balaban J connectivity index is 1.09. The van der Waals surface area contributed by atoms with Crippen LogP contribution in [0.25, 0.3) is 11.1 Å². The van der Waals surface area contributed by atoms with Gasteiger partial charge >= 0.3 is 0 Å². The van der Waals surface area contributed by atoms with Crippen LogP contribution in [0.1, 0.15) is 77.9 Å². The lowest BCUT2D eigenvalue weighted by molar-refractivity contribution is 0.740. The molecule has 0 aromatic heterocycles. The summed E-state index contributed by atoms with van der Waals surface area (Å²) in [5, 5.41) is 0. The maximum Gasteiger partial charge on any atom is 0.0715 e. The lowest BCUT2D eigenvalue weighted by Gasteiger charge is -2.38. The largest absolute Gasteiger partial charge is 0.310 e. The maximum atomic E-state index is 2.57. The second-order valence-corrected chi connectivity index (χ2v) is 18.4. The molecule has 0 unspecified atom stereocenters. The molecule has 0 N–H and O–H groups in total. The molecule has 0 aliphatic heterocycles. The summed E-state index contributed by atoms with van der Waals surface area (Å²) < 4.78 is 0. The summed E-state index contributed by atoms with van der Waals surface area (Å²) in [4.78, 5) is 5.04. The van der Waals surface area contributed by atoms with E-state index < -0.39 is 5.41 Å². The molecular formula is C59H48N2. The molecule has 0 bridgehead atoms. The van der Waals surface area contributed by atoms with Gasteiger partial charge in [0.2, 0.25) is 0 Å². The molecule has 2 nitrogen and oxygen atoms in total. The van der Waals surface area contributed by atoms with Gasteiger partial charge in [-0.15, -0.1) is 0 Å². The molecule has 0 spiro atoms. The highest BCUT2D eigenvalue weighted by molar-refractivity contribution is 5.92. The van der Waals surface area contributed by atoms with Gasteiger partial charge in [0, 0.05) is 34.1 Å². The molecule has 0 saturated heterocycles. The highest BCUT2D eigenvalue weighted by Crippen LogP contribution is 2.59. The van der Waals surface area contributed by atoms with E-state index >= 15 is 0 Å². The van der Waals surface area contributed by atoms with E-state index in [0.717, 1.165) is 32.1 Å². The van der Waals surface area contributed by atoms with Crippen molar-refractivity contribution in [2.75, 3.05) is 9.80 Å². The molecular weight excluding hydrogens is 737 g/mol. The van der Waals surface area contributed by atoms with Crippen LogP contribution in [0.15, 0.2) is 158 Å². The Hall–Kier alpha value is -6.64. The van der Waals surface area contributed by atoms with Crippen molar-refractivity contribution in [1.29, 1.82) is 0 Å². The fraction of sp³-hybridized carbons (Fsp3) is 0.186. The molecule has 8 aromatic rings. The van der Waals surface area contributed by atoms with Gasteiger partial charge in [-0.25, -0.2) is 0 Å². The summed E-state index contributed by atoms with van der Waals surface area (Å²) in [6, 6.07) is 62.0. The van der Waals surface area contributed by atoms with Crippen LogP contribution in [-0.4, -0.2) is 0 Å². The van der Waals surface area contributed by atoms with Crippen molar-refractivity contribution >= 4 is 34.1 Å². The van der Waals surface area contributed by atoms with Crippen LogP contribution in [0.4, 0.5) is 34.1 Å². The molecule has 2 heteroatoms. The van der Waals surface area contributed by atoms with E-state index in [9.17, 15) is 0 Å². The van der Waals surface area contributed by atoms with Crippen molar-refractivity contribution in [3.63, 3.8) is 0 Å². The molecule has 0 atom stereocenters. The van der Waals surface area contributed by atoms with Crippen LogP contribution in [0.2, 0.25) is 0 Å². The zero-order valence-corrected chi connectivity index (χ0v) is 35.1. The van der Waals surface area contributed by atoms with Crippen LogP contribution in [-0.2, 0) is 56.8 Å². The molecule has 0 radical (unpaired) electrons. The Labute approximate surface area is 359 Å². The first-order valence-electron chi connectivity index (χ1n) is 22.5.